The molecule has 1 saturated heterocycles. The zero-order valence-corrected chi connectivity index (χ0v) is 17.4. The van der Waals surface area contributed by atoms with Gasteiger partial charge >= 0.3 is 0 Å². The van der Waals surface area contributed by atoms with E-state index in [4.69, 9.17) is 11.6 Å². The van der Waals surface area contributed by atoms with Crippen LogP contribution in [0.25, 0.3) is 0 Å². The number of piperazine rings is 1. The number of benzene rings is 1. The Labute approximate surface area is 175 Å². The van der Waals surface area contributed by atoms with Gasteiger partial charge < -0.3 is 10.2 Å². The summed E-state index contributed by atoms with van der Waals surface area (Å²) in [5, 5.41) is 7.87. The molecule has 0 unspecified atom stereocenters. The summed E-state index contributed by atoms with van der Waals surface area (Å²) < 4.78 is 1.68. The predicted octanol–water partition coefficient (Wildman–Crippen LogP) is 1.93. The molecule has 0 bridgehead atoms. The van der Waals surface area contributed by atoms with Crippen molar-refractivity contribution in [1.29, 1.82) is 0 Å². The average Bonchev–Trinajstić information content (AvgIpc) is 3.47. The molecular formula is C21H26ClN5O2. The first-order valence-electron chi connectivity index (χ1n) is 10.1. The minimum absolute atomic E-state index is 0.0772. The smallest absolute Gasteiger partial charge is 0.258 e. The molecule has 2 aliphatic rings. The zero-order valence-electron chi connectivity index (χ0n) is 16.6. The maximum atomic E-state index is 13.1. The van der Waals surface area contributed by atoms with Gasteiger partial charge in [0.05, 0.1) is 24.3 Å². The average molecular weight is 416 g/mol. The molecule has 0 spiro atoms. The molecule has 2 aromatic rings. The number of nitrogens with zero attached hydrogens (tertiary/aromatic N) is 4. The van der Waals surface area contributed by atoms with Gasteiger partial charge in [0.2, 0.25) is 5.91 Å². The van der Waals surface area contributed by atoms with Crippen molar-refractivity contribution in [3.8, 4) is 0 Å². The number of rotatable bonds is 6. The third-order valence-electron chi connectivity index (χ3n) is 5.42. The summed E-state index contributed by atoms with van der Waals surface area (Å²) in [5.41, 5.74) is 2.19. The molecule has 1 aromatic heterocycles. The number of halogens is 1. The second kappa shape index (κ2) is 8.55. The van der Waals surface area contributed by atoms with E-state index in [1.54, 1.807) is 9.58 Å². The first kappa shape index (κ1) is 19.9. The summed E-state index contributed by atoms with van der Waals surface area (Å²) in [7, 11) is 0. The highest BCUT2D eigenvalue weighted by molar-refractivity contribution is 6.33. The maximum absolute atomic E-state index is 13.1. The van der Waals surface area contributed by atoms with Crippen molar-refractivity contribution >= 4 is 23.4 Å². The van der Waals surface area contributed by atoms with E-state index in [2.05, 4.69) is 15.3 Å². The van der Waals surface area contributed by atoms with Crippen LogP contribution in [0.4, 0.5) is 0 Å². The SMILES string of the molecule is Cc1nn(Cc2ccccc2)c(Cl)c1C(=O)N1CCN(CC(=O)NC2CC2)CC1. The van der Waals surface area contributed by atoms with Crippen LogP contribution in [-0.4, -0.2) is 70.2 Å². The van der Waals surface area contributed by atoms with E-state index in [1.807, 2.05) is 37.3 Å². The Bertz CT molecular complexity index is 886. The van der Waals surface area contributed by atoms with Crippen molar-refractivity contribution < 1.29 is 9.59 Å². The lowest BCUT2D eigenvalue weighted by Crippen LogP contribution is -2.51. The fourth-order valence-electron chi connectivity index (χ4n) is 3.63. The normalized spacial score (nSPS) is 17.4. The van der Waals surface area contributed by atoms with Gasteiger partial charge in [-0.05, 0) is 25.3 Å². The summed E-state index contributed by atoms with van der Waals surface area (Å²) in [6, 6.07) is 10.3. The fourth-order valence-corrected chi connectivity index (χ4v) is 3.94. The summed E-state index contributed by atoms with van der Waals surface area (Å²) in [6.45, 7) is 5.26. The second-order valence-corrected chi connectivity index (χ2v) is 8.16. The van der Waals surface area contributed by atoms with Crippen LogP contribution in [0.2, 0.25) is 5.15 Å². The van der Waals surface area contributed by atoms with E-state index in [0.717, 1.165) is 18.4 Å². The van der Waals surface area contributed by atoms with Crippen molar-refractivity contribution in [1.82, 2.24) is 24.9 Å². The van der Waals surface area contributed by atoms with E-state index in [1.165, 1.54) is 0 Å². The highest BCUT2D eigenvalue weighted by Gasteiger charge is 2.29. The molecule has 4 rings (SSSR count). The lowest BCUT2D eigenvalue weighted by atomic mass is 10.2. The monoisotopic (exact) mass is 415 g/mol. The number of aryl methyl sites for hydroxylation is 1. The van der Waals surface area contributed by atoms with Crippen molar-refractivity contribution in [3.05, 3.63) is 52.3 Å². The number of hydrogen-bond donors (Lipinski definition) is 1. The number of hydrogen-bond acceptors (Lipinski definition) is 4. The highest BCUT2D eigenvalue weighted by atomic mass is 35.5. The Morgan fingerprint density at radius 3 is 2.48 bits per heavy atom. The van der Waals surface area contributed by atoms with Crippen LogP contribution in [0.1, 0.15) is 34.5 Å². The summed E-state index contributed by atoms with van der Waals surface area (Å²) in [6.07, 6.45) is 2.18. The Hall–Kier alpha value is -2.38. The van der Waals surface area contributed by atoms with Gasteiger partial charge in [-0.1, -0.05) is 41.9 Å². The molecule has 1 aromatic carbocycles. The number of carbonyl (C=O) groups is 2. The minimum atomic E-state index is -0.0890. The first-order valence-corrected chi connectivity index (χ1v) is 10.5. The van der Waals surface area contributed by atoms with Gasteiger partial charge in [0.15, 0.2) is 0 Å². The van der Waals surface area contributed by atoms with Gasteiger partial charge in [-0.15, -0.1) is 0 Å². The predicted molar refractivity (Wildman–Crippen MR) is 111 cm³/mol. The van der Waals surface area contributed by atoms with Crippen LogP contribution in [-0.2, 0) is 11.3 Å². The van der Waals surface area contributed by atoms with Gasteiger partial charge in [0.1, 0.15) is 5.15 Å². The van der Waals surface area contributed by atoms with Gasteiger partial charge in [-0.2, -0.15) is 5.10 Å². The van der Waals surface area contributed by atoms with Crippen LogP contribution in [0, 0.1) is 6.92 Å². The van der Waals surface area contributed by atoms with E-state index < -0.39 is 0 Å². The number of aromatic nitrogens is 2. The van der Waals surface area contributed by atoms with E-state index >= 15 is 0 Å². The summed E-state index contributed by atoms with van der Waals surface area (Å²) >= 11 is 6.54. The molecule has 1 aliphatic carbocycles. The lowest BCUT2D eigenvalue weighted by Gasteiger charge is -2.34. The number of amides is 2. The lowest BCUT2D eigenvalue weighted by molar-refractivity contribution is -0.122. The Morgan fingerprint density at radius 1 is 1.14 bits per heavy atom. The second-order valence-electron chi connectivity index (χ2n) is 7.80. The quantitative estimate of drug-likeness (QED) is 0.782. The van der Waals surface area contributed by atoms with Crippen LogP contribution in [0.5, 0.6) is 0 Å². The van der Waals surface area contributed by atoms with Crippen molar-refractivity contribution in [2.75, 3.05) is 32.7 Å². The summed E-state index contributed by atoms with van der Waals surface area (Å²) in [5.74, 6) is -0.0118. The minimum Gasteiger partial charge on any atom is -0.352 e. The van der Waals surface area contributed by atoms with Crippen molar-refractivity contribution in [2.24, 2.45) is 0 Å². The molecule has 8 heteroatoms. The molecule has 2 fully saturated rings. The van der Waals surface area contributed by atoms with Crippen LogP contribution in [0.3, 0.4) is 0 Å². The van der Waals surface area contributed by atoms with Gasteiger partial charge in [-0.3, -0.25) is 14.5 Å². The molecule has 1 N–H and O–H groups in total. The molecule has 154 valence electrons. The topological polar surface area (TPSA) is 70.5 Å². The molecular weight excluding hydrogens is 390 g/mol. The zero-order chi connectivity index (χ0) is 20.4. The molecule has 2 amide bonds. The largest absolute Gasteiger partial charge is 0.352 e. The number of nitrogens with one attached hydrogen (secondary N) is 1. The third kappa shape index (κ3) is 4.79. The van der Waals surface area contributed by atoms with E-state index in [0.29, 0.717) is 61.7 Å². The molecule has 0 atom stereocenters. The first-order chi connectivity index (χ1) is 14.0. The Morgan fingerprint density at radius 2 is 1.83 bits per heavy atom. The van der Waals surface area contributed by atoms with Crippen molar-refractivity contribution in [2.45, 2.75) is 32.4 Å². The van der Waals surface area contributed by atoms with E-state index in [-0.39, 0.29) is 11.8 Å². The van der Waals surface area contributed by atoms with Crippen LogP contribution in [0.15, 0.2) is 30.3 Å². The van der Waals surface area contributed by atoms with Gasteiger partial charge in [-0.25, -0.2) is 4.68 Å². The molecule has 0 radical (unpaired) electrons. The molecule has 1 saturated carbocycles. The molecule has 7 nitrogen and oxygen atoms in total. The molecule has 2 heterocycles. The molecule has 1 aliphatic heterocycles. The van der Waals surface area contributed by atoms with Gasteiger partial charge in [0, 0.05) is 32.2 Å². The van der Waals surface area contributed by atoms with Crippen molar-refractivity contribution in [3.63, 3.8) is 0 Å². The standard InChI is InChI=1S/C21H26ClN5O2/c1-15-19(20(22)27(24-15)13-16-5-3-2-4-6-16)21(29)26-11-9-25(10-12-26)14-18(28)23-17-7-8-17/h2-6,17H,7-14H2,1H3,(H,23,28). The van der Waals surface area contributed by atoms with E-state index in [9.17, 15) is 9.59 Å². The van der Waals surface area contributed by atoms with Crippen LogP contribution >= 0.6 is 11.6 Å². The molecule has 29 heavy (non-hydrogen) atoms. The maximum Gasteiger partial charge on any atom is 0.258 e. The van der Waals surface area contributed by atoms with Gasteiger partial charge in [0.25, 0.3) is 5.91 Å². The fraction of sp³-hybridized carbons (Fsp3) is 0.476. The highest BCUT2D eigenvalue weighted by Crippen LogP contribution is 2.23. The Balaban J connectivity index is 1.36. The third-order valence-corrected chi connectivity index (χ3v) is 5.81. The Kier molecular flexibility index (Phi) is 5.87. The summed E-state index contributed by atoms with van der Waals surface area (Å²) in [4.78, 5) is 29.0. The van der Waals surface area contributed by atoms with Crippen LogP contribution < -0.4 is 5.32 Å². The number of carbonyl (C=O) groups excluding carboxylic acids is 2.